The van der Waals surface area contributed by atoms with Crippen LogP contribution in [-0.2, 0) is 0 Å². The van der Waals surface area contributed by atoms with Crippen molar-refractivity contribution in [3.63, 3.8) is 0 Å². The molecule has 0 saturated carbocycles. The highest BCUT2D eigenvalue weighted by Crippen LogP contribution is 2.31. The molecule has 0 aliphatic rings. The van der Waals surface area contributed by atoms with Crippen LogP contribution in [0.15, 0.2) is 27.4 Å². The zero-order valence-electron chi connectivity index (χ0n) is 9.06. The number of hydrogen-bond donors (Lipinski definition) is 2. The Morgan fingerprint density at radius 3 is 2.53 bits per heavy atom. The summed E-state index contributed by atoms with van der Waals surface area (Å²) in [6, 6.07) is 3.40. The third kappa shape index (κ3) is 1.87. The Hall–Kier alpha value is -2.30. The van der Waals surface area contributed by atoms with Crippen molar-refractivity contribution >= 4 is 16.8 Å². The fourth-order valence-corrected chi connectivity index (χ4v) is 1.61. The second-order valence-corrected chi connectivity index (χ2v) is 3.59. The zero-order valence-corrected chi connectivity index (χ0v) is 9.06. The predicted molar refractivity (Wildman–Crippen MR) is 60.4 cm³/mol. The molecule has 5 heteroatoms. The average molecular weight is 234 g/mol. The molecule has 5 nitrogen and oxygen atoms in total. The lowest BCUT2D eigenvalue weighted by molar-refractivity contribution is 0.0989. The van der Waals surface area contributed by atoms with Gasteiger partial charge in [-0.15, -0.1) is 0 Å². The molecule has 0 atom stereocenters. The first kappa shape index (κ1) is 11.2. The van der Waals surface area contributed by atoms with Crippen LogP contribution < -0.4 is 5.63 Å². The van der Waals surface area contributed by atoms with Crippen molar-refractivity contribution in [2.45, 2.75) is 13.3 Å². The Kier molecular flexibility index (Phi) is 2.59. The van der Waals surface area contributed by atoms with Crippen LogP contribution in [0.25, 0.3) is 11.0 Å². The number of Topliss-reactive ketones (excluding diaryl/α,β-unsaturated/α-hetero) is 1. The van der Waals surface area contributed by atoms with Crippen molar-refractivity contribution in [3.05, 3.63) is 34.2 Å². The highest BCUT2D eigenvalue weighted by molar-refractivity contribution is 6.07. The summed E-state index contributed by atoms with van der Waals surface area (Å²) < 4.78 is 4.85. The van der Waals surface area contributed by atoms with Crippen LogP contribution in [0.4, 0.5) is 0 Å². The fourth-order valence-electron chi connectivity index (χ4n) is 1.61. The highest BCUT2D eigenvalue weighted by Gasteiger charge is 2.14. The summed E-state index contributed by atoms with van der Waals surface area (Å²) in [7, 11) is 0. The number of hydrogen-bond acceptors (Lipinski definition) is 5. The van der Waals surface area contributed by atoms with Gasteiger partial charge in [-0.05, 0) is 6.07 Å². The lowest BCUT2D eigenvalue weighted by Gasteiger charge is -2.04. The Labute approximate surface area is 95.9 Å². The average Bonchev–Trinajstić information content (AvgIpc) is 2.29. The van der Waals surface area contributed by atoms with Gasteiger partial charge in [0.05, 0.1) is 0 Å². The van der Waals surface area contributed by atoms with Gasteiger partial charge in [0.25, 0.3) is 0 Å². The van der Waals surface area contributed by atoms with Crippen LogP contribution in [0.5, 0.6) is 11.5 Å². The topological polar surface area (TPSA) is 87.7 Å². The van der Waals surface area contributed by atoms with Crippen LogP contribution in [0, 0.1) is 0 Å². The second kappa shape index (κ2) is 3.93. The lowest BCUT2D eigenvalue weighted by atomic mass is 10.0. The van der Waals surface area contributed by atoms with Gasteiger partial charge in [-0.3, -0.25) is 4.79 Å². The van der Waals surface area contributed by atoms with Crippen LogP contribution >= 0.6 is 0 Å². The van der Waals surface area contributed by atoms with E-state index in [9.17, 15) is 19.8 Å². The molecular weight excluding hydrogens is 224 g/mol. The van der Waals surface area contributed by atoms with Gasteiger partial charge in [-0.2, -0.15) is 0 Å². The van der Waals surface area contributed by atoms with Gasteiger partial charge in [-0.1, -0.05) is 6.92 Å². The summed E-state index contributed by atoms with van der Waals surface area (Å²) in [4.78, 5) is 22.9. The molecule has 0 saturated heterocycles. The maximum Gasteiger partial charge on any atom is 0.336 e. The molecule has 0 aliphatic carbocycles. The van der Waals surface area contributed by atoms with E-state index < -0.39 is 11.4 Å². The molecule has 2 rings (SSSR count). The van der Waals surface area contributed by atoms with E-state index in [2.05, 4.69) is 0 Å². The van der Waals surface area contributed by atoms with E-state index in [0.29, 0.717) is 5.39 Å². The minimum atomic E-state index is -0.667. The van der Waals surface area contributed by atoms with Crippen LogP contribution in [0.3, 0.4) is 0 Å². The number of phenolic OH excluding ortho intramolecular Hbond substituents is 2. The van der Waals surface area contributed by atoms with E-state index in [1.165, 1.54) is 6.07 Å². The molecule has 2 aromatic rings. The summed E-state index contributed by atoms with van der Waals surface area (Å²) in [6.07, 6.45) is 0.236. The summed E-state index contributed by atoms with van der Waals surface area (Å²) in [5.74, 6) is -0.994. The first-order valence-corrected chi connectivity index (χ1v) is 5.06. The maximum atomic E-state index is 11.7. The molecule has 17 heavy (non-hydrogen) atoms. The largest absolute Gasteiger partial charge is 0.504 e. The smallest absolute Gasteiger partial charge is 0.336 e. The van der Waals surface area contributed by atoms with Crippen LogP contribution in [-0.4, -0.2) is 16.0 Å². The van der Waals surface area contributed by atoms with Gasteiger partial charge in [0.1, 0.15) is 5.58 Å². The number of benzene rings is 1. The van der Waals surface area contributed by atoms with E-state index in [-0.39, 0.29) is 29.1 Å². The quantitative estimate of drug-likeness (QED) is 0.470. The molecule has 0 unspecified atom stereocenters. The first-order valence-electron chi connectivity index (χ1n) is 5.06. The van der Waals surface area contributed by atoms with Crippen molar-refractivity contribution in [2.24, 2.45) is 0 Å². The standard InChI is InChI=1S/C12H10O5/c1-2-8(13)6-4-12(16)17-11-5-10(15)9(14)3-7(6)11/h3-5,14-15H,2H2,1H3. The number of ketones is 1. The molecule has 0 spiro atoms. The molecule has 1 aromatic carbocycles. The summed E-state index contributed by atoms with van der Waals surface area (Å²) in [6.45, 7) is 1.67. The van der Waals surface area contributed by atoms with Gasteiger partial charge >= 0.3 is 5.63 Å². The molecule has 88 valence electrons. The van der Waals surface area contributed by atoms with E-state index in [1.54, 1.807) is 6.92 Å². The fraction of sp³-hybridized carbons (Fsp3) is 0.167. The minimum Gasteiger partial charge on any atom is -0.504 e. The van der Waals surface area contributed by atoms with E-state index in [4.69, 9.17) is 4.42 Å². The Balaban J connectivity index is 2.88. The maximum absolute atomic E-state index is 11.7. The van der Waals surface area contributed by atoms with Crippen molar-refractivity contribution in [1.82, 2.24) is 0 Å². The highest BCUT2D eigenvalue weighted by atomic mass is 16.4. The lowest BCUT2D eigenvalue weighted by Crippen LogP contribution is -2.05. The van der Waals surface area contributed by atoms with Gasteiger partial charge in [0, 0.05) is 29.5 Å². The minimum absolute atomic E-state index is 0.0737. The Morgan fingerprint density at radius 2 is 1.88 bits per heavy atom. The van der Waals surface area contributed by atoms with E-state index in [1.807, 2.05) is 0 Å². The van der Waals surface area contributed by atoms with Crippen molar-refractivity contribution < 1.29 is 19.4 Å². The zero-order chi connectivity index (χ0) is 12.6. The Bertz CT molecular complexity index is 654. The van der Waals surface area contributed by atoms with Gasteiger partial charge < -0.3 is 14.6 Å². The van der Waals surface area contributed by atoms with Crippen molar-refractivity contribution in [3.8, 4) is 11.5 Å². The first-order chi connectivity index (χ1) is 8.02. The van der Waals surface area contributed by atoms with Crippen LogP contribution in [0.1, 0.15) is 23.7 Å². The van der Waals surface area contributed by atoms with Crippen molar-refractivity contribution in [2.75, 3.05) is 0 Å². The van der Waals surface area contributed by atoms with E-state index >= 15 is 0 Å². The molecule has 2 N–H and O–H groups in total. The third-order valence-corrected chi connectivity index (χ3v) is 2.46. The predicted octanol–water partition coefficient (Wildman–Crippen LogP) is 1.80. The van der Waals surface area contributed by atoms with Gasteiger partial charge in [0.2, 0.25) is 0 Å². The second-order valence-electron chi connectivity index (χ2n) is 3.59. The summed E-state index contributed by atoms with van der Waals surface area (Å²) in [5.41, 5.74) is -0.405. The van der Waals surface area contributed by atoms with Gasteiger partial charge in [0.15, 0.2) is 17.3 Å². The summed E-state index contributed by atoms with van der Waals surface area (Å²) >= 11 is 0. The molecule has 0 aliphatic heterocycles. The number of phenols is 2. The monoisotopic (exact) mass is 234 g/mol. The van der Waals surface area contributed by atoms with E-state index in [0.717, 1.165) is 12.1 Å². The number of fused-ring (bicyclic) bond motifs is 1. The number of carbonyl (C=O) groups is 1. The normalized spacial score (nSPS) is 10.6. The molecule has 0 fully saturated rings. The molecular formula is C12H10O5. The van der Waals surface area contributed by atoms with Gasteiger partial charge in [-0.25, -0.2) is 4.79 Å². The SMILES string of the molecule is CCC(=O)c1cc(=O)oc2cc(O)c(O)cc12. The van der Waals surface area contributed by atoms with Crippen LogP contribution in [0.2, 0.25) is 0 Å². The number of aromatic hydroxyl groups is 2. The molecule has 0 radical (unpaired) electrons. The molecule has 0 amide bonds. The number of carbonyl (C=O) groups excluding carboxylic acids is 1. The molecule has 1 aromatic heterocycles. The molecule has 1 heterocycles. The van der Waals surface area contributed by atoms with Crippen molar-refractivity contribution in [1.29, 1.82) is 0 Å². The Morgan fingerprint density at radius 1 is 1.24 bits per heavy atom. The number of rotatable bonds is 2. The molecule has 0 bridgehead atoms. The summed E-state index contributed by atoms with van der Waals surface area (Å²) in [5, 5.41) is 19.0. The third-order valence-electron chi connectivity index (χ3n) is 2.46.